The molecule has 0 aliphatic rings. The van der Waals surface area contributed by atoms with Crippen molar-refractivity contribution >= 4 is 10.0 Å². The fourth-order valence-corrected chi connectivity index (χ4v) is 3.29. The number of nitrogens with one attached hydrogen (secondary N) is 2. The van der Waals surface area contributed by atoms with E-state index < -0.39 is 10.0 Å². The molecule has 0 unspecified atom stereocenters. The summed E-state index contributed by atoms with van der Waals surface area (Å²) in [5.74, 6) is 0.179. The van der Waals surface area contributed by atoms with Gasteiger partial charge >= 0.3 is 0 Å². The molecule has 4 nitrogen and oxygen atoms in total. The summed E-state index contributed by atoms with van der Waals surface area (Å²) in [6.07, 6.45) is 9.80. The third-order valence-electron chi connectivity index (χ3n) is 3.48. The Labute approximate surface area is 126 Å². The van der Waals surface area contributed by atoms with Gasteiger partial charge in [-0.15, -0.1) is 0 Å². The highest BCUT2D eigenvalue weighted by Gasteiger charge is 2.11. The van der Waals surface area contributed by atoms with Gasteiger partial charge in [0.1, 0.15) is 0 Å². The first-order chi connectivity index (χ1) is 9.55. The van der Waals surface area contributed by atoms with Crippen LogP contribution in [-0.4, -0.2) is 33.3 Å². The van der Waals surface area contributed by atoms with Gasteiger partial charge < -0.3 is 5.32 Å². The van der Waals surface area contributed by atoms with Crippen molar-refractivity contribution in [1.82, 2.24) is 10.0 Å². The van der Waals surface area contributed by atoms with E-state index in [-0.39, 0.29) is 5.75 Å². The molecular weight excluding hydrogens is 272 g/mol. The molecule has 2 N–H and O–H groups in total. The smallest absolute Gasteiger partial charge is 0.212 e. The molecular formula is C15H34N2O2S. The van der Waals surface area contributed by atoms with Gasteiger partial charge in [-0.3, -0.25) is 0 Å². The van der Waals surface area contributed by atoms with Crippen LogP contribution in [0.15, 0.2) is 0 Å². The number of sulfonamides is 1. The Morgan fingerprint density at radius 3 is 1.90 bits per heavy atom. The highest BCUT2D eigenvalue weighted by molar-refractivity contribution is 7.89. The first kappa shape index (κ1) is 19.9. The van der Waals surface area contributed by atoms with E-state index in [0.29, 0.717) is 19.1 Å². The van der Waals surface area contributed by atoms with Crippen molar-refractivity contribution < 1.29 is 8.42 Å². The maximum atomic E-state index is 11.6. The van der Waals surface area contributed by atoms with E-state index in [4.69, 9.17) is 0 Å². The average molecular weight is 307 g/mol. The largest absolute Gasteiger partial charge is 0.313 e. The zero-order chi connectivity index (χ0) is 15.3. The summed E-state index contributed by atoms with van der Waals surface area (Å²) < 4.78 is 25.7. The molecule has 0 saturated carbocycles. The molecule has 0 radical (unpaired) electrons. The van der Waals surface area contributed by atoms with Gasteiger partial charge in [-0.25, -0.2) is 13.1 Å². The van der Waals surface area contributed by atoms with Crippen LogP contribution < -0.4 is 10.0 Å². The second-order valence-corrected chi connectivity index (χ2v) is 7.39. The van der Waals surface area contributed by atoms with Crippen molar-refractivity contribution in [1.29, 1.82) is 0 Å². The molecule has 0 atom stereocenters. The van der Waals surface area contributed by atoms with Crippen LogP contribution in [0.5, 0.6) is 0 Å². The van der Waals surface area contributed by atoms with E-state index >= 15 is 0 Å². The SMILES string of the molecule is CCCCCC(CCCCC)NCCS(=O)(=O)NCC. The average Bonchev–Trinajstić information content (AvgIpc) is 2.38. The second kappa shape index (κ2) is 12.6. The quantitative estimate of drug-likeness (QED) is 0.485. The molecule has 0 bridgehead atoms. The van der Waals surface area contributed by atoms with Gasteiger partial charge in [0, 0.05) is 19.1 Å². The molecule has 0 amide bonds. The summed E-state index contributed by atoms with van der Waals surface area (Å²) in [5.41, 5.74) is 0. The van der Waals surface area contributed by atoms with Crippen molar-refractivity contribution in [2.45, 2.75) is 78.2 Å². The normalized spacial score (nSPS) is 12.2. The molecule has 0 aliphatic heterocycles. The van der Waals surface area contributed by atoms with Crippen LogP contribution in [0.3, 0.4) is 0 Å². The molecule has 5 heteroatoms. The minimum Gasteiger partial charge on any atom is -0.313 e. The van der Waals surface area contributed by atoms with Gasteiger partial charge in [0.2, 0.25) is 10.0 Å². The van der Waals surface area contributed by atoms with E-state index in [9.17, 15) is 8.42 Å². The van der Waals surface area contributed by atoms with Crippen LogP contribution >= 0.6 is 0 Å². The van der Waals surface area contributed by atoms with Crippen LogP contribution in [-0.2, 0) is 10.0 Å². The summed E-state index contributed by atoms with van der Waals surface area (Å²) in [7, 11) is -3.09. The molecule has 0 heterocycles. The van der Waals surface area contributed by atoms with Crippen LogP contribution in [0.25, 0.3) is 0 Å². The third-order valence-corrected chi connectivity index (χ3v) is 4.95. The Morgan fingerprint density at radius 2 is 1.45 bits per heavy atom. The second-order valence-electron chi connectivity index (χ2n) is 5.46. The van der Waals surface area contributed by atoms with E-state index in [1.54, 1.807) is 0 Å². The predicted molar refractivity (Wildman–Crippen MR) is 87.5 cm³/mol. The molecule has 122 valence electrons. The Morgan fingerprint density at radius 1 is 0.900 bits per heavy atom. The van der Waals surface area contributed by atoms with E-state index in [1.165, 1.54) is 51.4 Å². The minimum absolute atomic E-state index is 0.179. The fraction of sp³-hybridized carbons (Fsp3) is 1.00. The highest BCUT2D eigenvalue weighted by atomic mass is 32.2. The van der Waals surface area contributed by atoms with E-state index in [2.05, 4.69) is 23.9 Å². The Balaban J connectivity index is 4.00. The number of unbranched alkanes of at least 4 members (excludes halogenated alkanes) is 4. The maximum Gasteiger partial charge on any atom is 0.212 e. The lowest BCUT2D eigenvalue weighted by Crippen LogP contribution is -2.36. The van der Waals surface area contributed by atoms with E-state index in [0.717, 1.165) is 0 Å². The van der Waals surface area contributed by atoms with Crippen molar-refractivity contribution in [3.63, 3.8) is 0 Å². The topological polar surface area (TPSA) is 58.2 Å². The molecule has 0 aromatic rings. The van der Waals surface area contributed by atoms with Crippen LogP contribution in [0, 0.1) is 0 Å². The van der Waals surface area contributed by atoms with Crippen LogP contribution in [0.2, 0.25) is 0 Å². The number of hydrogen-bond acceptors (Lipinski definition) is 3. The standard InChI is InChI=1S/C15H34N2O2S/c1-4-7-9-11-15(12-10-8-5-2)16-13-14-20(18,19)17-6-3/h15-17H,4-14H2,1-3H3. The van der Waals surface area contributed by atoms with Crippen molar-refractivity contribution in [2.75, 3.05) is 18.8 Å². The Kier molecular flexibility index (Phi) is 12.5. The predicted octanol–water partition coefficient (Wildman–Crippen LogP) is 3.04. The molecule has 0 aliphatic carbocycles. The molecule has 0 aromatic heterocycles. The van der Waals surface area contributed by atoms with Crippen molar-refractivity contribution in [3.8, 4) is 0 Å². The summed E-state index contributed by atoms with van der Waals surface area (Å²) in [4.78, 5) is 0. The van der Waals surface area contributed by atoms with Gasteiger partial charge in [-0.2, -0.15) is 0 Å². The van der Waals surface area contributed by atoms with Crippen LogP contribution in [0.4, 0.5) is 0 Å². The molecule has 0 aromatic carbocycles. The first-order valence-electron chi connectivity index (χ1n) is 8.26. The maximum absolute atomic E-state index is 11.6. The lowest BCUT2D eigenvalue weighted by molar-refractivity contribution is 0.427. The summed E-state index contributed by atoms with van der Waals surface area (Å²) >= 11 is 0. The van der Waals surface area contributed by atoms with Crippen molar-refractivity contribution in [3.05, 3.63) is 0 Å². The zero-order valence-corrected chi connectivity index (χ0v) is 14.4. The summed E-state index contributed by atoms with van der Waals surface area (Å²) in [6.45, 7) is 7.26. The minimum atomic E-state index is -3.09. The number of hydrogen-bond donors (Lipinski definition) is 2. The lowest BCUT2D eigenvalue weighted by Gasteiger charge is -2.18. The summed E-state index contributed by atoms with van der Waals surface area (Å²) in [6, 6.07) is 0.477. The Hall–Kier alpha value is -0.130. The molecule has 20 heavy (non-hydrogen) atoms. The summed E-state index contributed by atoms with van der Waals surface area (Å²) in [5, 5.41) is 3.43. The van der Waals surface area contributed by atoms with Crippen molar-refractivity contribution in [2.24, 2.45) is 0 Å². The zero-order valence-electron chi connectivity index (χ0n) is 13.6. The molecule has 0 rings (SSSR count). The fourth-order valence-electron chi connectivity index (χ4n) is 2.32. The first-order valence-corrected chi connectivity index (χ1v) is 9.91. The molecule has 0 fully saturated rings. The van der Waals surface area contributed by atoms with Gasteiger partial charge in [0.15, 0.2) is 0 Å². The third kappa shape index (κ3) is 11.7. The lowest BCUT2D eigenvalue weighted by atomic mass is 10.0. The number of rotatable bonds is 14. The van der Waals surface area contributed by atoms with Gasteiger partial charge in [-0.1, -0.05) is 59.3 Å². The van der Waals surface area contributed by atoms with Gasteiger partial charge in [0.25, 0.3) is 0 Å². The molecule has 0 spiro atoms. The van der Waals surface area contributed by atoms with Gasteiger partial charge in [0.05, 0.1) is 5.75 Å². The van der Waals surface area contributed by atoms with Crippen LogP contribution in [0.1, 0.15) is 72.1 Å². The van der Waals surface area contributed by atoms with Gasteiger partial charge in [-0.05, 0) is 12.8 Å². The van der Waals surface area contributed by atoms with E-state index in [1.807, 2.05) is 6.92 Å². The highest BCUT2D eigenvalue weighted by Crippen LogP contribution is 2.10. The Bertz CT molecular complexity index is 295. The monoisotopic (exact) mass is 306 g/mol. The molecule has 0 saturated heterocycles.